The smallest absolute Gasteiger partial charge is 0.0839 e. The summed E-state index contributed by atoms with van der Waals surface area (Å²) in [5.74, 6) is 0. The molecular formula is C9H18O. The number of unbranched alkanes of at least 4 members (excludes halogenated alkanes) is 3. The molecule has 1 nitrogen and oxygen atoms in total. The van der Waals surface area contributed by atoms with Crippen molar-refractivity contribution in [3.63, 3.8) is 0 Å². The molecule has 1 fully saturated rings. The highest BCUT2D eigenvalue weighted by atomic mass is 16.6. The Morgan fingerprint density at radius 1 is 1.20 bits per heavy atom. The minimum Gasteiger partial charge on any atom is -0.370 e. The van der Waals surface area contributed by atoms with E-state index in [4.69, 9.17) is 4.74 Å². The van der Waals surface area contributed by atoms with Gasteiger partial charge in [-0.05, 0) is 13.3 Å². The molecule has 0 aromatic heterocycles. The molecule has 1 aliphatic heterocycles. The van der Waals surface area contributed by atoms with Crippen molar-refractivity contribution in [3.05, 3.63) is 0 Å². The number of rotatable bonds is 5. The van der Waals surface area contributed by atoms with Crippen molar-refractivity contribution in [3.8, 4) is 0 Å². The minimum atomic E-state index is 0.571. The topological polar surface area (TPSA) is 12.5 Å². The highest BCUT2D eigenvalue weighted by molar-refractivity contribution is 4.79. The second-order valence-electron chi connectivity index (χ2n) is 3.23. The van der Waals surface area contributed by atoms with Crippen LogP contribution in [-0.4, -0.2) is 12.2 Å². The van der Waals surface area contributed by atoms with Crippen molar-refractivity contribution in [1.29, 1.82) is 0 Å². The van der Waals surface area contributed by atoms with E-state index in [9.17, 15) is 0 Å². The van der Waals surface area contributed by atoms with E-state index in [1.807, 2.05) is 0 Å². The molecule has 10 heavy (non-hydrogen) atoms. The summed E-state index contributed by atoms with van der Waals surface area (Å²) in [6.07, 6.45) is 7.97. The SMILES string of the molecule is CCCCCCC1OC1C. The largest absolute Gasteiger partial charge is 0.370 e. The summed E-state index contributed by atoms with van der Waals surface area (Å²) in [6.45, 7) is 4.40. The van der Waals surface area contributed by atoms with Crippen LogP contribution < -0.4 is 0 Å². The average Bonchev–Trinajstić information content (AvgIpc) is 2.60. The molecule has 1 aliphatic rings. The van der Waals surface area contributed by atoms with Gasteiger partial charge in [-0.3, -0.25) is 0 Å². The number of epoxide rings is 1. The first-order valence-electron chi connectivity index (χ1n) is 4.50. The van der Waals surface area contributed by atoms with Crippen molar-refractivity contribution in [2.24, 2.45) is 0 Å². The Hall–Kier alpha value is -0.0400. The Morgan fingerprint density at radius 3 is 2.40 bits per heavy atom. The fourth-order valence-electron chi connectivity index (χ4n) is 1.31. The summed E-state index contributed by atoms with van der Waals surface area (Å²) < 4.78 is 5.30. The van der Waals surface area contributed by atoms with Gasteiger partial charge in [0.25, 0.3) is 0 Å². The van der Waals surface area contributed by atoms with Crippen LogP contribution in [0.3, 0.4) is 0 Å². The van der Waals surface area contributed by atoms with Crippen LogP contribution in [0.4, 0.5) is 0 Å². The molecule has 1 heteroatoms. The highest BCUT2D eigenvalue weighted by Crippen LogP contribution is 2.26. The lowest BCUT2D eigenvalue weighted by atomic mass is 10.1. The fourth-order valence-corrected chi connectivity index (χ4v) is 1.31. The molecular weight excluding hydrogens is 124 g/mol. The molecule has 0 aromatic carbocycles. The Balaban J connectivity index is 1.78. The maximum atomic E-state index is 5.30. The van der Waals surface area contributed by atoms with Gasteiger partial charge in [0.15, 0.2) is 0 Å². The van der Waals surface area contributed by atoms with Crippen LogP contribution in [0.2, 0.25) is 0 Å². The van der Waals surface area contributed by atoms with Crippen LogP contribution in [0.5, 0.6) is 0 Å². The zero-order chi connectivity index (χ0) is 7.40. The third-order valence-electron chi connectivity index (χ3n) is 2.18. The normalized spacial score (nSPS) is 30.6. The maximum Gasteiger partial charge on any atom is 0.0839 e. The predicted molar refractivity (Wildman–Crippen MR) is 43.1 cm³/mol. The Bertz CT molecular complexity index is 90.7. The summed E-state index contributed by atoms with van der Waals surface area (Å²) >= 11 is 0. The zero-order valence-electron chi connectivity index (χ0n) is 7.10. The molecule has 2 atom stereocenters. The van der Waals surface area contributed by atoms with E-state index in [0.29, 0.717) is 12.2 Å². The van der Waals surface area contributed by atoms with Crippen LogP contribution in [0.25, 0.3) is 0 Å². The molecule has 0 amide bonds. The second-order valence-corrected chi connectivity index (χ2v) is 3.23. The van der Waals surface area contributed by atoms with E-state index in [1.54, 1.807) is 0 Å². The Labute approximate surface area is 63.8 Å². The maximum absolute atomic E-state index is 5.30. The van der Waals surface area contributed by atoms with Crippen molar-refractivity contribution in [2.45, 2.75) is 58.2 Å². The summed E-state index contributed by atoms with van der Waals surface area (Å²) in [6, 6.07) is 0. The van der Waals surface area contributed by atoms with Crippen molar-refractivity contribution < 1.29 is 4.74 Å². The molecule has 0 spiro atoms. The monoisotopic (exact) mass is 142 g/mol. The molecule has 1 saturated heterocycles. The van der Waals surface area contributed by atoms with Gasteiger partial charge in [0.05, 0.1) is 12.2 Å². The van der Waals surface area contributed by atoms with Gasteiger partial charge in [0.2, 0.25) is 0 Å². The minimum absolute atomic E-state index is 0.571. The molecule has 1 heterocycles. The van der Waals surface area contributed by atoms with Crippen molar-refractivity contribution in [1.82, 2.24) is 0 Å². The summed E-state index contributed by atoms with van der Waals surface area (Å²) in [7, 11) is 0. The van der Waals surface area contributed by atoms with E-state index in [0.717, 1.165) is 0 Å². The third-order valence-corrected chi connectivity index (χ3v) is 2.18. The van der Waals surface area contributed by atoms with Gasteiger partial charge in [0, 0.05) is 0 Å². The van der Waals surface area contributed by atoms with Crippen LogP contribution in [-0.2, 0) is 4.74 Å². The highest BCUT2D eigenvalue weighted by Gasteiger charge is 2.32. The molecule has 0 aliphatic carbocycles. The van der Waals surface area contributed by atoms with Crippen molar-refractivity contribution in [2.75, 3.05) is 0 Å². The first-order valence-corrected chi connectivity index (χ1v) is 4.50. The quantitative estimate of drug-likeness (QED) is 0.425. The lowest BCUT2D eigenvalue weighted by Gasteiger charge is -1.94. The Kier molecular flexibility index (Phi) is 3.20. The summed E-state index contributed by atoms with van der Waals surface area (Å²) in [5, 5.41) is 0. The molecule has 2 unspecified atom stereocenters. The van der Waals surface area contributed by atoms with Gasteiger partial charge in [0.1, 0.15) is 0 Å². The van der Waals surface area contributed by atoms with Gasteiger partial charge in [-0.25, -0.2) is 0 Å². The van der Waals surface area contributed by atoms with E-state index < -0.39 is 0 Å². The second kappa shape index (κ2) is 3.97. The van der Waals surface area contributed by atoms with Crippen LogP contribution in [0.1, 0.15) is 46.0 Å². The van der Waals surface area contributed by atoms with E-state index >= 15 is 0 Å². The van der Waals surface area contributed by atoms with Crippen LogP contribution in [0.15, 0.2) is 0 Å². The third kappa shape index (κ3) is 2.70. The number of ether oxygens (including phenoxy) is 1. The molecule has 1 rings (SSSR count). The zero-order valence-corrected chi connectivity index (χ0v) is 7.10. The molecule has 0 radical (unpaired) electrons. The lowest BCUT2D eigenvalue weighted by Crippen LogP contribution is -1.88. The first kappa shape index (κ1) is 8.06. The van der Waals surface area contributed by atoms with Crippen LogP contribution in [0, 0.1) is 0 Å². The molecule has 60 valence electrons. The van der Waals surface area contributed by atoms with Gasteiger partial charge in [-0.15, -0.1) is 0 Å². The Morgan fingerprint density at radius 2 is 1.90 bits per heavy atom. The lowest BCUT2D eigenvalue weighted by molar-refractivity contribution is 0.365. The summed E-state index contributed by atoms with van der Waals surface area (Å²) in [4.78, 5) is 0. The molecule has 0 N–H and O–H groups in total. The standard InChI is InChI=1S/C9H18O/c1-3-4-5-6-7-9-8(2)10-9/h8-9H,3-7H2,1-2H3. The van der Waals surface area contributed by atoms with Gasteiger partial charge >= 0.3 is 0 Å². The average molecular weight is 142 g/mol. The molecule has 0 bridgehead atoms. The first-order chi connectivity index (χ1) is 4.84. The molecule has 0 aromatic rings. The number of hydrogen-bond donors (Lipinski definition) is 0. The van der Waals surface area contributed by atoms with E-state index in [1.165, 1.54) is 32.1 Å². The van der Waals surface area contributed by atoms with Gasteiger partial charge in [-0.2, -0.15) is 0 Å². The molecule has 0 saturated carbocycles. The van der Waals surface area contributed by atoms with Gasteiger partial charge in [-0.1, -0.05) is 32.6 Å². The predicted octanol–water partition coefficient (Wildman–Crippen LogP) is 2.74. The van der Waals surface area contributed by atoms with E-state index in [2.05, 4.69) is 13.8 Å². The fraction of sp³-hybridized carbons (Fsp3) is 1.00. The van der Waals surface area contributed by atoms with Gasteiger partial charge < -0.3 is 4.74 Å². The van der Waals surface area contributed by atoms with Crippen molar-refractivity contribution >= 4 is 0 Å². The number of hydrogen-bond acceptors (Lipinski definition) is 1. The van der Waals surface area contributed by atoms with Crippen LogP contribution >= 0.6 is 0 Å². The van der Waals surface area contributed by atoms with E-state index in [-0.39, 0.29) is 0 Å². The summed E-state index contributed by atoms with van der Waals surface area (Å²) in [5.41, 5.74) is 0.